The molecule has 1 aromatic heterocycles. The molecule has 0 aliphatic heterocycles. The number of carbonyl (C=O) groups is 1. The van der Waals surface area contributed by atoms with E-state index in [1.165, 1.54) is 5.56 Å². The summed E-state index contributed by atoms with van der Waals surface area (Å²) in [4.78, 5) is 12.4. The van der Waals surface area contributed by atoms with E-state index in [1.807, 2.05) is 36.4 Å². The van der Waals surface area contributed by atoms with Crippen LogP contribution in [0.3, 0.4) is 0 Å². The molecule has 0 aliphatic rings. The van der Waals surface area contributed by atoms with E-state index < -0.39 is 0 Å². The van der Waals surface area contributed by atoms with Gasteiger partial charge in [0.25, 0.3) is 5.91 Å². The minimum absolute atomic E-state index is 0.262. The lowest BCUT2D eigenvalue weighted by Crippen LogP contribution is -2.10. The fourth-order valence-electron chi connectivity index (χ4n) is 2.45. The van der Waals surface area contributed by atoms with Crippen molar-refractivity contribution in [2.75, 3.05) is 12.4 Å². The maximum atomic E-state index is 12.4. The lowest BCUT2D eigenvalue weighted by atomic mass is 10.0. The van der Waals surface area contributed by atoms with Gasteiger partial charge in [-0.25, -0.2) is 0 Å². The highest BCUT2D eigenvalue weighted by atomic mass is 16.5. The molecule has 4 heteroatoms. The lowest BCUT2D eigenvalue weighted by molar-refractivity contribution is 0.0998. The van der Waals surface area contributed by atoms with Crippen LogP contribution in [0.25, 0.3) is 11.0 Å². The van der Waals surface area contributed by atoms with Gasteiger partial charge in [-0.15, -0.1) is 0 Å². The zero-order chi connectivity index (χ0) is 16.4. The Kier molecular flexibility index (Phi) is 4.06. The van der Waals surface area contributed by atoms with Gasteiger partial charge in [0.15, 0.2) is 17.1 Å². The first kappa shape index (κ1) is 15.2. The molecule has 0 fully saturated rings. The number of furan rings is 1. The number of benzene rings is 2. The summed E-state index contributed by atoms with van der Waals surface area (Å²) in [5, 5.41) is 3.69. The Bertz CT molecular complexity index is 831. The lowest BCUT2D eigenvalue weighted by Gasteiger charge is -2.07. The van der Waals surface area contributed by atoms with Crippen LogP contribution >= 0.6 is 0 Å². The number of ether oxygens (including phenoxy) is 1. The van der Waals surface area contributed by atoms with Crippen molar-refractivity contribution >= 4 is 22.6 Å². The highest BCUT2D eigenvalue weighted by Gasteiger charge is 2.15. The topological polar surface area (TPSA) is 51.5 Å². The van der Waals surface area contributed by atoms with Crippen molar-refractivity contribution in [1.82, 2.24) is 0 Å². The molecule has 23 heavy (non-hydrogen) atoms. The number of amides is 1. The Labute approximate surface area is 135 Å². The second kappa shape index (κ2) is 6.16. The van der Waals surface area contributed by atoms with Gasteiger partial charge in [0.1, 0.15) is 0 Å². The molecule has 1 amide bonds. The number of rotatable bonds is 4. The monoisotopic (exact) mass is 309 g/mol. The fraction of sp³-hybridized carbons (Fsp3) is 0.211. The van der Waals surface area contributed by atoms with Gasteiger partial charge in [0, 0.05) is 11.1 Å². The first-order chi connectivity index (χ1) is 11.1. The first-order valence-electron chi connectivity index (χ1n) is 7.56. The summed E-state index contributed by atoms with van der Waals surface area (Å²) in [7, 11) is 1.58. The zero-order valence-electron chi connectivity index (χ0n) is 13.4. The Hall–Kier alpha value is -2.75. The van der Waals surface area contributed by atoms with Gasteiger partial charge < -0.3 is 14.5 Å². The SMILES string of the molecule is COc1cccc2cc(C(=O)Nc3ccc(C(C)C)cc3)oc12. The van der Waals surface area contributed by atoms with Gasteiger partial charge >= 0.3 is 0 Å². The molecule has 0 saturated heterocycles. The quantitative estimate of drug-likeness (QED) is 0.752. The van der Waals surface area contributed by atoms with E-state index in [0.717, 1.165) is 11.1 Å². The number of hydrogen-bond donors (Lipinski definition) is 1. The average molecular weight is 309 g/mol. The van der Waals surface area contributed by atoms with Crippen molar-refractivity contribution < 1.29 is 13.9 Å². The van der Waals surface area contributed by atoms with Crippen LogP contribution in [0.15, 0.2) is 52.9 Å². The van der Waals surface area contributed by atoms with Crippen molar-refractivity contribution in [2.45, 2.75) is 19.8 Å². The molecule has 1 N–H and O–H groups in total. The van der Waals surface area contributed by atoms with Crippen LogP contribution in [0, 0.1) is 0 Å². The van der Waals surface area contributed by atoms with E-state index in [2.05, 4.69) is 19.2 Å². The van der Waals surface area contributed by atoms with Crippen molar-refractivity contribution in [3.8, 4) is 5.75 Å². The molecular formula is C19H19NO3. The minimum Gasteiger partial charge on any atom is -0.493 e. The Balaban J connectivity index is 1.83. The minimum atomic E-state index is -0.277. The van der Waals surface area contributed by atoms with E-state index in [4.69, 9.17) is 9.15 Å². The number of nitrogens with one attached hydrogen (secondary N) is 1. The highest BCUT2D eigenvalue weighted by molar-refractivity contribution is 6.05. The summed E-state index contributed by atoms with van der Waals surface area (Å²) < 4.78 is 10.9. The van der Waals surface area contributed by atoms with Gasteiger partial charge in [-0.2, -0.15) is 0 Å². The van der Waals surface area contributed by atoms with Gasteiger partial charge in [0.05, 0.1) is 7.11 Å². The predicted octanol–water partition coefficient (Wildman–Crippen LogP) is 4.82. The molecule has 3 rings (SSSR count). The molecule has 2 aromatic carbocycles. The fourth-order valence-corrected chi connectivity index (χ4v) is 2.45. The van der Waals surface area contributed by atoms with Crippen LogP contribution < -0.4 is 10.1 Å². The Morgan fingerprint density at radius 2 is 1.87 bits per heavy atom. The van der Waals surface area contributed by atoms with E-state index in [9.17, 15) is 4.79 Å². The van der Waals surface area contributed by atoms with Gasteiger partial charge in [-0.1, -0.05) is 38.1 Å². The van der Waals surface area contributed by atoms with E-state index in [-0.39, 0.29) is 11.7 Å². The van der Waals surface area contributed by atoms with Crippen molar-refractivity contribution in [1.29, 1.82) is 0 Å². The van der Waals surface area contributed by atoms with Crippen LogP contribution in [0.2, 0.25) is 0 Å². The molecule has 3 aromatic rings. The molecule has 0 saturated carbocycles. The van der Waals surface area contributed by atoms with Crippen LogP contribution in [0.4, 0.5) is 5.69 Å². The molecule has 0 unspecified atom stereocenters. The zero-order valence-corrected chi connectivity index (χ0v) is 13.4. The van der Waals surface area contributed by atoms with Crippen LogP contribution in [0.5, 0.6) is 5.75 Å². The normalized spacial score (nSPS) is 11.0. The molecule has 0 spiro atoms. The molecule has 0 atom stereocenters. The molecule has 0 radical (unpaired) electrons. The number of fused-ring (bicyclic) bond motifs is 1. The smallest absolute Gasteiger partial charge is 0.291 e. The molecule has 0 bridgehead atoms. The van der Waals surface area contributed by atoms with E-state index in [0.29, 0.717) is 17.3 Å². The van der Waals surface area contributed by atoms with Gasteiger partial charge in [-0.3, -0.25) is 4.79 Å². The van der Waals surface area contributed by atoms with Crippen molar-refractivity contribution in [3.05, 3.63) is 59.9 Å². The van der Waals surface area contributed by atoms with E-state index in [1.54, 1.807) is 19.2 Å². The number of anilines is 1. The largest absolute Gasteiger partial charge is 0.493 e. The first-order valence-corrected chi connectivity index (χ1v) is 7.56. The predicted molar refractivity (Wildman–Crippen MR) is 91.3 cm³/mol. The summed E-state index contributed by atoms with van der Waals surface area (Å²) in [5.74, 6) is 1.06. The maximum Gasteiger partial charge on any atom is 0.291 e. The second-order valence-corrected chi connectivity index (χ2v) is 5.72. The standard InChI is InChI=1S/C19H19NO3/c1-12(2)13-7-9-15(10-8-13)20-19(21)17-11-14-5-4-6-16(22-3)18(14)23-17/h4-12H,1-3H3,(H,20,21). The van der Waals surface area contributed by atoms with Crippen molar-refractivity contribution in [3.63, 3.8) is 0 Å². The third-order valence-electron chi connectivity index (χ3n) is 3.79. The third-order valence-corrected chi connectivity index (χ3v) is 3.79. The number of hydrogen-bond acceptors (Lipinski definition) is 3. The summed E-state index contributed by atoms with van der Waals surface area (Å²) >= 11 is 0. The summed E-state index contributed by atoms with van der Waals surface area (Å²) in [6.07, 6.45) is 0. The van der Waals surface area contributed by atoms with Gasteiger partial charge in [0.2, 0.25) is 0 Å². The molecular weight excluding hydrogens is 290 g/mol. The van der Waals surface area contributed by atoms with Crippen LogP contribution in [-0.2, 0) is 0 Å². The number of methoxy groups -OCH3 is 1. The molecule has 4 nitrogen and oxygen atoms in total. The Morgan fingerprint density at radius 3 is 2.52 bits per heavy atom. The van der Waals surface area contributed by atoms with Crippen LogP contribution in [-0.4, -0.2) is 13.0 Å². The summed E-state index contributed by atoms with van der Waals surface area (Å²) in [6, 6.07) is 15.1. The number of carbonyl (C=O) groups excluding carboxylic acids is 1. The molecule has 118 valence electrons. The average Bonchev–Trinajstić information content (AvgIpc) is 2.99. The Morgan fingerprint density at radius 1 is 1.13 bits per heavy atom. The summed E-state index contributed by atoms with van der Waals surface area (Å²) in [6.45, 7) is 4.27. The highest BCUT2D eigenvalue weighted by Crippen LogP contribution is 2.28. The second-order valence-electron chi connectivity index (χ2n) is 5.72. The third kappa shape index (κ3) is 3.06. The molecule has 1 heterocycles. The van der Waals surface area contributed by atoms with Crippen molar-refractivity contribution in [2.24, 2.45) is 0 Å². The van der Waals surface area contributed by atoms with Crippen LogP contribution in [0.1, 0.15) is 35.9 Å². The maximum absolute atomic E-state index is 12.4. The molecule has 0 aliphatic carbocycles. The van der Waals surface area contributed by atoms with E-state index >= 15 is 0 Å². The summed E-state index contributed by atoms with van der Waals surface area (Å²) in [5.41, 5.74) is 2.55. The van der Waals surface area contributed by atoms with Gasteiger partial charge in [-0.05, 0) is 35.7 Å². The number of para-hydroxylation sites is 1.